The number of aryl methyl sites for hydroxylation is 1. The second-order valence-electron chi connectivity index (χ2n) is 6.08. The van der Waals surface area contributed by atoms with Gasteiger partial charge in [0.05, 0.1) is 17.3 Å². The van der Waals surface area contributed by atoms with Crippen LogP contribution in [0.2, 0.25) is 0 Å². The van der Waals surface area contributed by atoms with Gasteiger partial charge in [-0.15, -0.1) is 5.10 Å². The Bertz CT molecular complexity index is 704. The molecule has 0 radical (unpaired) electrons. The summed E-state index contributed by atoms with van der Waals surface area (Å²) in [5.74, 6) is -1.26. The number of nitrogens with one attached hydrogen (secondary N) is 1. The van der Waals surface area contributed by atoms with Crippen LogP contribution in [0, 0.1) is 12.3 Å². The van der Waals surface area contributed by atoms with Crippen molar-refractivity contribution < 1.29 is 14.7 Å². The Balaban J connectivity index is 1.96. The van der Waals surface area contributed by atoms with E-state index in [9.17, 15) is 9.59 Å². The number of nitrogens with zero attached hydrogens (tertiary/aromatic N) is 3. The Morgan fingerprint density at radius 3 is 2.52 bits per heavy atom. The van der Waals surface area contributed by atoms with Crippen molar-refractivity contribution in [2.24, 2.45) is 5.41 Å². The molecule has 122 valence electrons. The number of carbonyl (C=O) groups excluding carboxylic acids is 1. The summed E-state index contributed by atoms with van der Waals surface area (Å²) in [5.41, 5.74) is 1.26. The third-order valence-corrected chi connectivity index (χ3v) is 3.64. The minimum Gasteiger partial charge on any atom is -0.481 e. The van der Waals surface area contributed by atoms with Gasteiger partial charge in [-0.25, -0.2) is 4.68 Å². The number of rotatable bonds is 6. The van der Waals surface area contributed by atoms with Gasteiger partial charge in [-0.05, 0) is 39.3 Å². The summed E-state index contributed by atoms with van der Waals surface area (Å²) >= 11 is 0. The predicted molar refractivity (Wildman–Crippen MR) is 84.5 cm³/mol. The van der Waals surface area contributed by atoms with E-state index < -0.39 is 11.4 Å². The van der Waals surface area contributed by atoms with Crippen LogP contribution < -0.4 is 5.32 Å². The zero-order valence-electron chi connectivity index (χ0n) is 13.4. The lowest BCUT2D eigenvalue weighted by molar-refractivity contribution is -0.147. The fraction of sp³-hybridized carbons (Fsp3) is 0.375. The van der Waals surface area contributed by atoms with Gasteiger partial charge in [0.15, 0.2) is 5.69 Å². The lowest BCUT2D eigenvalue weighted by Crippen LogP contribution is -2.32. The zero-order valence-corrected chi connectivity index (χ0v) is 13.4. The van der Waals surface area contributed by atoms with Crippen molar-refractivity contribution in [1.82, 2.24) is 20.3 Å². The summed E-state index contributed by atoms with van der Waals surface area (Å²) in [4.78, 5) is 23.0. The highest BCUT2D eigenvalue weighted by molar-refractivity contribution is 5.91. The van der Waals surface area contributed by atoms with E-state index in [1.54, 1.807) is 20.0 Å². The van der Waals surface area contributed by atoms with E-state index in [4.69, 9.17) is 5.11 Å². The van der Waals surface area contributed by atoms with E-state index in [1.807, 2.05) is 31.2 Å². The molecular weight excluding hydrogens is 296 g/mol. The summed E-state index contributed by atoms with van der Waals surface area (Å²) in [5, 5.41) is 19.5. The molecule has 0 saturated carbocycles. The highest BCUT2D eigenvalue weighted by Gasteiger charge is 2.26. The second kappa shape index (κ2) is 6.60. The molecule has 1 aromatic carbocycles. The molecule has 1 amide bonds. The van der Waals surface area contributed by atoms with E-state index in [-0.39, 0.29) is 18.1 Å². The first-order valence-electron chi connectivity index (χ1n) is 7.30. The number of carboxylic acids is 1. The summed E-state index contributed by atoms with van der Waals surface area (Å²) < 4.78 is 1.52. The van der Waals surface area contributed by atoms with Crippen LogP contribution in [0.5, 0.6) is 0 Å². The van der Waals surface area contributed by atoms with E-state index in [1.165, 1.54) is 4.68 Å². The summed E-state index contributed by atoms with van der Waals surface area (Å²) in [7, 11) is 0. The number of aromatic nitrogens is 3. The Morgan fingerprint density at radius 1 is 1.26 bits per heavy atom. The van der Waals surface area contributed by atoms with Crippen LogP contribution >= 0.6 is 0 Å². The predicted octanol–water partition coefficient (Wildman–Crippen LogP) is 1.81. The molecule has 2 N–H and O–H groups in total. The number of hydrogen-bond acceptors (Lipinski definition) is 4. The molecule has 23 heavy (non-hydrogen) atoms. The van der Waals surface area contributed by atoms with Gasteiger partial charge in [-0.2, -0.15) is 0 Å². The van der Waals surface area contributed by atoms with Crippen molar-refractivity contribution in [3.8, 4) is 5.69 Å². The molecule has 0 aliphatic carbocycles. The van der Waals surface area contributed by atoms with Gasteiger partial charge in [0.2, 0.25) is 0 Å². The monoisotopic (exact) mass is 316 g/mol. The SMILES string of the molecule is Cc1ccc(-n2cc(C(=O)NCCC(C)(C)C(=O)O)nn2)cc1. The first kappa shape index (κ1) is 16.7. The standard InChI is InChI=1S/C16H20N4O3/c1-11-4-6-12(7-5-11)20-10-13(18-19-20)14(21)17-9-8-16(2,3)15(22)23/h4-7,10H,8-9H2,1-3H3,(H,17,21)(H,22,23). The minimum absolute atomic E-state index is 0.193. The fourth-order valence-electron chi connectivity index (χ4n) is 1.88. The van der Waals surface area contributed by atoms with E-state index in [0.29, 0.717) is 6.42 Å². The zero-order chi connectivity index (χ0) is 17.0. The molecule has 7 nitrogen and oxygen atoms in total. The van der Waals surface area contributed by atoms with Gasteiger partial charge in [0.1, 0.15) is 0 Å². The maximum atomic E-state index is 12.0. The lowest BCUT2D eigenvalue weighted by Gasteiger charge is -2.18. The molecule has 7 heteroatoms. The molecule has 0 spiro atoms. The minimum atomic E-state index is -0.892. The second-order valence-corrected chi connectivity index (χ2v) is 6.08. The molecule has 0 aliphatic heterocycles. The molecule has 0 atom stereocenters. The Morgan fingerprint density at radius 2 is 1.91 bits per heavy atom. The number of amides is 1. The van der Waals surface area contributed by atoms with Gasteiger partial charge in [0, 0.05) is 6.54 Å². The van der Waals surface area contributed by atoms with Crippen molar-refractivity contribution >= 4 is 11.9 Å². The Kier molecular flexibility index (Phi) is 4.78. The van der Waals surface area contributed by atoms with Crippen molar-refractivity contribution in [3.05, 3.63) is 41.7 Å². The van der Waals surface area contributed by atoms with Crippen molar-refractivity contribution in [3.63, 3.8) is 0 Å². The average molecular weight is 316 g/mol. The quantitative estimate of drug-likeness (QED) is 0.847. The highest BCUT2D eigenvalue weighted by atomic mass is 16.4. The van der Waals surface area contributed by atoms with Gasteiger partial charge in [-0.3, -0.25) is 9.59 Å². The molecule has 1 aromatic heterocycles. The summed E-state index contributed by atoms with van der Waals surface area (Å²) in [6, 6.07) is 7.68. The number of aliphatic carboxylic acids is 1. The van der Waals surface area contributed by atoms with Crippen LogP contribution in [0.4, 0.5) is 0 Å². The number of hydrogen-bond donors (Lipinski definition) is 2. The number of carboxylic acid groups (broad SMARTS) is 1. The molecule has 0 saturated heterocycles. The largest absolute Gasteiger partial charge is 0.481 e. The van der Waals surface area contributed by atoms with Gasteiger partial charge >= 0.3 is 5.97 Å². The molecule has 2 rings (SSSR count). The normalized spacial score (nSPS) is 11.3. The fourth-order valence-corrected chi connectivity index (χ4v) is 1.88. The van der Waals surface area contributed by atoms with E-state index >= 15 is 0 Å². The van der Waals surface area contributed by atoms with Crippen LogP contribution in [-0.2, 0) is 4.79 Å². The van der Waals surface area contributed by atoms with E-state index in [0.717, 1.165) is 11.3 Å². The molecule has 0 bridgehead atoms. The van der Waals surface area contributed by atoms with Crippen molar-refractivity contribution in [2.45, 2.75) is 27.2 Å². The van der Waals surface area contributed by atoms with Gasteiger partial charge < -0.3 is 10.4 Å². The topological polar surface area (TPSA) is 97.1 Å². The van der Waals surface area contributed by atoms with Crippen LogP contribution in [0.3, 0.4) is 0 Å². The van der Waals surface area contributed by atoms with Crippen LogP contribution in [0.25, 0.3) is 5.69 Å². The van der Waals surface area contributed by atoms with Crippen LogP contribution in [0.1, 0.15) is 36.3 Å². The Hall–Kier alpha value is -2.70. The lowest BCUT2D eigenvalue weighted by atomic mass is 9.90. The third-order valence-electron chi connectivity index (χ3n) is 3.64. The molecule has 0 aliphatic rings. The molecule has 2 aromatic rings. The van der Waals surface area contributed by atoms with Crippen molar-refractivity contribution in [1.29, 1.82) is 0 Å². The summed E-state index contributed by atoms with van der Waals surface area (Å²) in [6.07, 6.45) is 1.88. The molecular formula is C16H20N4O3. The number of benzene rings is 1. The molecule has 0 unspecified atom stereocenters. The van der Waals surface area contributed by atoms with Gasteiger partial charge in [-0.1, -0.05) is 22.9 Å². The maximum Gasteiger partial charge on any atom is 0.309 e. The molecule has 0 fully saturated rings. The van der Waals surface area contributed by atoms with Crippen molar-refractivity contribution in [2.75, 3.05) is 6.54 Å². The van der Waals surface area contributed by atoms with E-state index in [2.05, 4.69) is 15.6 Å². The highest BCUT2D eigenvalue weighted by Crippen LogP contribution is 2.19. The Labute approximate surface area is 134 Å². The summed E-state index contributed by atoms with van der Waals surface area (Å²) in [6.45, 7) is 5.49. The first-order chi connectivity index (χ1) is 10.8. The number of carbonyl (C=O) groups is 2. The van der Waals surface area contributed by atoms with Crippen LogP contribution in [-0.4, -0.2) is 38.5 Å². The smallest absolute Gasteiger partial charge is 0.309 e. The van der Waals surface area contributed by atoms with Crippen LogP contribution in [0.15, 0.2) is 30.5 Å². The average Bonchev–Trinajstić information content (AvgIpc) is 2.97. The van der Waals surface area contributed by atoms with Gasteiger partial charge in [0.25, 0.3) is 5.91 Å². The third kappa shape index (κ3) is 4.15. The maximum absolute atomic E-state index is 12.0. The first-order valence-corrected chi connectivity index (χ1v) is 7.30. The molecule has 1 heterocycles.